The zero-order valence-corrected chi connectivity index (χ0v) is 19.4. The highest BCUT2D eigenvalue weighted by Gasteiger charge is 2.53. The monoisotopic (exact) mass is 417 g/mol. The van der Waals surface area contributed by atoms with E-state index in [1.54, 1.807) is 6.92 Å². The van der Waals surface area contributed by atoms with Crippen molar-refractivity contribution in [2.45, 2.75) is 78.2 Å². The van der Waals surface area contributed by atoms with E-state index >= 15 is 0 Å². The third-order valence-corrected chi connectivity index (χ3v) is 7.50. The van der Waals surface area contributed by atoms with Crippen molar-refractivity contribution in [2.24, 2.45) is 0 Å². The van der Waals surface area contributed by atoms with Crippen molar-refractivity contribution in [2.75, 3.05) is 13.6 Å². The van der Waals surface area contributed by atoms with E-state index < -0.39 is 24.4 Å². The molecule has 3 rings (SSSR count). The third kappa shape index (κ3) is 3.35. The summed E-state index contributed by atoms with van der Waals surface area (Å²) in [6.45, 7) is 13.8. The Labute approximate surface area is 179 Å². The summed E-state index contributed by atoms with van der Waals surface area (Å²) in [5.74, 6) is 0.0314. The fraction of sp³-hybridized carbons (Fsp3) is 0.636. The molecular formula is C22H34BN2O5+. The van der Waals surface area contributed by atoms with Crippen LogP contribution in [0.5, 0.6) is 0 Å². The largest absolute Gasteiger partial charge is 0.494 e. The van der Waals surface area contributed by atoms with Gasteiger partial charge in [0.25, 0.3) is 0 Å². The first-order valence-electron chi connectivity index (χ1n) is 10.6. The molecule has 8 heteroatoms. The second kappa shape index (κ2) is 7.36. The number of fused-ring (bicyclic) bond motifs is 1. The summed E-state index contributed by atoms with van der Waals surface area (Å²) in [6, 6.07) is 5.47. The Balaban J connectivity index is 2.14. The second-order valence-electron chi connectivity index (χ2n) is 9.67. The van der Waals surface area contributed by atoms with Gasteiger partial charge in [-0.3, -0.25) is 0 Å². The molecule has 1 N–H and O–H groups in total. The highest BCUT2D eigenvalue weighted by atomic mass is 16.7. The molecule has 0 aromatic heterocycles. The van der Waals surface area contributed by atoms with Gasteiger partial charge in [-0.15, -0.1) is 0 Å². The average Bonchev–Trinajstić information content (AvgIpc) is 2.86. The van der Waals surface area contributed by atoms with Crippen molar-refractivity contribution in [1.82, 2.24) is 9.38 Å². The maximum atomic E-state index is 12.7. The molecular weight excluding hydrogens is 383 g/mol. The SMILES string of the molecule is CCN(C(=O)O)C1CC(C)[N+](C)(C(C)=O)c2ccc(B3OC(C)(C)C(C)(C)O3)cc21. The summed E-state index contributed by atoms with van der Waals surface area (Å²) in [5.41, 5.74) is 1.58. The molecule has 3 unspecified atom stereocenters. The van der Waals surface area contributed by atoms with Crippen LogP contribution in [-0.4, -0.2) is 60.0 Å². The van der Waals surface area contributed by atoms with Gasteiger partial charge >= 0.3 is 19.1 Å². The Morgan fingerprint density at radius 2 is 1.80 bits per heavy atom. The first-order chi connectivity index (χ1) is 13.8. The van der Waals surface area contributed by atoms with E-state index in [4.69, 9.17) is 9.31 Å². The highest BCUT2D eigenvalue weighted by Crippen LogP contribution is 2.44. The Kier molecular flexibility index (Phi) is 5.59. The number of quaternary nitrogens is 1. The van der Waals surface area contributed by atoms with Gasteiger partial charge in [-0.05, 0) is 53.1 Å². The zero-order chi connectivity index (χ0) is 22.6. The van der Waals surface area contributed by atoms with Gasteiger partial charge in [-0.1, -0.05) is 12.1 Å². The van der Waals surface area contributed by atoms with E-state index in [9.17, 15) is 14.7 Å². The van der Waals surface area contributed by atoms with Gasteiger partial charge in [0.2, 0.25) is 0 Å². The molecule has 3 atom stereocenters. The van der Waals surface area contributed by atoms with Crippen molar-refractivity contribution in [3.8, 4) is 0 Å². The summed E-state index contributed by atoms with van der Waals surface area (Å²) in [6.07, 6.45) is -0.392. The lowest BCUT2D eigenvalue weighted by molar-refractivity contribution is -0.129. The molecule has 0 radical (unpaired) electrons. The summed E-state index contributed by atoms with van der Waals surface area (Å²) in [5, 5.41) is 9.80. The molecule has 2 aliphatic rings. The topological polar surface area (TPSA) is 76.1 Å². The smallest absolute Gasteiger partial charge is 0.465 e. The van der Waals surface area contributed by atoms with Crippen molar-refractivity contribution in [3.05, 3.63) is 23.8 Å². The van der Waals surface area contributed by atoms with Gasteiger partial charge in [-0.25, -0.2) is 14.1 Å². The lowest BCUT2D eigenvalue weighted by atomic mass is 9.76. The molecule has 30 heavy (non-hydrogen) atoms. The van der Waals surface area contributed by atoms with Crippen LogP contribution in [0, 0.1) is 0 Å². The second-order valence-corrected chi connectivity index (χ2v) is 9.67. The lowest BCUT2D eigenvalue weighted by Crippen LogP contribution is -2.60. The number of amides is 2. The number of nitrogens with zero attached hydrogens (tertiary/aromatic N) is 2. The first-order valence-corrected chi connectivity index (χ1v) is 10.6. The molecule has 7 nitrogen and oxygen atoms in total. The summed E-state index contributed by atoms with van der Waals surface area (Å²) in [7, 11) is 1.37. The van der Waals surface area contributed by atoms with Gasteiger partial charge in [0, 0.05) is 18.5 Å². The average molecular weight is 417 g/mol. The molecule has 1 saturated heterocycles. The van der Waals surface area contributed by atoms with Crippen molar-refractivity contribution < 1.29 is 24.0 Å². The van der Waals surface area contributed by atoms with E-state index in [0.29, 0.717) is 13.0 Å². The molecule has 164 valence electrons. The molecule has 2 amide bonds. The molecule has 2 heterocycles. The van der Waals surface area contributed by atoms with Gasteiger partial charge < -0.3 is 19.3 Å². The fourth-order valence-electron chi connectivity index (χ4n) is 4.55. The van der Waals surface area contributed by atoms with Crippen molar-refractivity contribution in [1.29, 1.82) is 0 Å². The maximum Gasteiger partial charge on any atom is 0.494 e. The third-order valence-electron chi connectivity index (χ3n) is 7.50. The molecule has 1 aromatic carbocycles. The molecule has 0 spiro atoms. The van der Waals surface area contributed by atoms with Crippen LogP contribution in [0.3, 0.4) is 0 Å². The number of carboxylic acid groups (broad SMARTS) is 1. The van der Waals surface area contributed by atoms with Crippen LogP contribution < -0.4 is 9.95 Å². The van der Waals surface area contributed by atoms with Crippen LogP contribution >= 0.6 is 0 Å². The fourth-order valence-corrected chi connectivity index (χ4v) is 4.55. The number of carbonyl (C=O) groups excluding carboxylic acids is 1. The molecule has 0 aliphatic carbocycles. The quantitative estimate of drug-likeness (QED) is 0.603. The summed E-state index contributed by atoms with van der Waals surface area (Å²) >= 11 is 0. The van der Waals surface area contributed by atoms with Gasteiger partial charge in [-0.2, -0.15) is 0 Å². The highest BCUT2D eigenvalue weighted by molar-refractivity contribution is 6.62. The predicted molar refractivity (Wildman–Crippen MR) is 118 cm³/mol. The van der Waals surface area contributed by atoms with Gasteiger partial charge in [0.15, 0.2) is 0 Å². The van der Waals surface area contributed by atoms with Gasteiger partial charge in [0.05, 0.1) is 37.3 Å². The van der Waals surface area contributed by atoms with Gasteiger partial charge in [0.1, 0.15) is 5.69 Å². The minimum Gasteiger partial charge on any atom is -0.465 e. The maximum absolute atomic E-state index is 12.7. The van der Waals surface area contributed by atoms with Crippen LogP contribution in [-0.2, 0) is 14.1 Å². The molecule has 2 aliphatic heterocycles. The molecule has 1 fully saturated rings. The van der Waals surface area contributed by atoms with Crippen LogP contribution in [0.4, 0.5) is 10.5 Å². The van der Waals surface area contributed by atoms with E-state index in [1.165, 1.54) is 4.90 Å². The minimum atomic E-state index is -0.958. The van der Waals surface area contributed by atoms with E-state index in [1.807, 2.05) is 66.8 Å². The predicted octanol–water partition coefficient (Wildman–Crippen LogP) is 3.30. The van der Waals surface area contributed by atoms with Crippen LogP contribution in [0.1, 0.15) is 66.5 Å². The lowest BCUT2D eigenvalue weighted by Gasteiger charge is -2.45. The minimum absolute atomic E-state index is 0.0314. The molecule has 0 bridgehead atoms. The number of carbonyl (C=O) groups is 2. The van der Waals surface area contributed by atoms with Crippen molar-refractivity contribution >= 4 is 30.3 Å². The van der Waals surface area contributed by atoms with E-state index in [-0.39, 0.29) is 22.5 Å². The van der Waals surface area contributed by atoms with E-state index in [0.717, 1.165) is 16.7 Å². The van der Waals surface area contributed by atoms with E-state index in [2.05, 4.69) is 0 Å². The van der Waals surface area contributed by atoms with Crippen LogP contribution in [0.2, 0.25) is 0 Å². The number of rotatable bonds is 3. The number of hydrogen-bond acceptors (Lipinski definition) is 4. The first kappa shape index (κ1) is 22.8. The van der Waals surface area contributed by atoms with Crippen LogP contribution in [0.15, 0.2) is 18.2 Å². The zero-order valence-electron chi connectivity index (χ0n) is 19.4. The standard InChI is InChI=1S/C22H33BN2O5/c1-9-24(20(27)28)18-12-14(2)25(8,15(3)26)19-11-10-16(13-17(18)19)23-29-21(4,5)22(6,7)30-23/h10-11,13-14,18H,9,12H2,1-8H3/p+1. The Bertz CT molecular complexity index is 855. The van der Waals surface area contributed by atoms with Crippen LogP contribution in [0.25, 0.3) is 0 Å². The number of hydrogen-bond donors (Lipinski definition) is 1. The van der Waals surface area contributed by atoms with Crippen molar-refractivity contribution in [3.63, 3.8) is 0 Å². The molecule has 1 aromatic rings. The Morgan fingerprint density at radius 3 is 2.27 bits per heavy atom. The summed E-state index contributed by atoms with van der Waals surface area (Å²) < 4.78 is 12.6. The molecule has 0 saturated carbocycles. The normalized spacial score (nSPS) is 29.4. The number of benzene rings is 1. The Morgan fingerprint density at radius 1 is 1.23 bits per heavy atom. The summed E-state index contributed by atoms with van der Waals surface area (Å²) in [4.78, 5) is 26.1. The Hall–Kier alpha value is -1.90.